The number of carbonyl (C=O) groups excluding carboxylic acids is 1. The van der Waals surface area contributed by atoms with Gasteiger partial charge in [0.05, 0.1) is 7.11 Å². The Kier molecular flexibility index (Phi) is 4.43. The van der Waals surface area contributed by atoms with Crippen LogP contribution < -0.4 is 4.74 Å². The van der Waals surface area contributed by atoms with Gasteiger partial charge in [-0.2, -0.15) is 0 Å². The van der Waals surface area contributed by atoms with Crippen LogP contribution in [0.25, 0.3) is 22.3 Å². The lowest BCUT2D eigenvalue weighted by Crippen LogP contribution is -1.91. The van der Waals surface area contributed by atoms with E-state index in [9.17, 15) is 9.18 Å². The second-order valence-corrected chi connectivity index (χ2v) is 5.56. The van der Waals surface area contributed by atoms with Crippen LogP contribution in [0, 0.1) is 5.82 Å². The fourth-order valence-corrected chi connectivity index (χ4v) is 2.60. The van der Waals surface area contributed by atoms with Crippen molar-refractivity contribution in [3.8, 4) is 28.0 Å². The van der Waals surface area contributed by atoms with Crippen LogP contribution in [0.15, 0.2) is 66.7 Å². The van der Waals surface area contributed by atoms with Crippen molar-refractivity contribution < 1.29 is 13.9 Å². The van der Waals surface area contributed by atoms with E-state index in [4.69, 9.17) is 4.74 Å². The van der Waals surface area contributed by atoms with E-state index < -0.39 is 0 Å². The van der Waals surface area contributed by atoms with E-state index >= 15 is 0 Å². The van der Waals surface area contributed by atoms with Gasteiger partial charge in [0, 0.05) is 11.1 Å². The van der Waals surface area contributed by atoms with Crippen molar-refractivity contribution in [1.82, 2.24) is 0 Å². The Morgan fingerprint density at radius 1 is 0.833 bits per heavy atom. The van der Waals surface area contributed by atoms with Crippen LogP contribution in [0.5, 0.6) is 5.75 Å². The fourth-order valence-electron chi connectivity index (χ4n) is 2.60. The predicted molar refractivity (Wildman–Crippen MR) is 93.8 cm³/mol. The molecule has 0 N–H and O–H groups in total. The van der Waals surface area contributed by atoms with Gasteiger partial charge in [-0.25, -0.2) is 4.39 Å². The summed E-state index contributed by atoms with van der Waals surface area (Å²) in [5, 5.41) is 0. The minimum Gasteiger partial charge on any atom is -0.497 e. The van der Waals surface area contributed by atoms with E-state index in [0.717, 1.165) is 22.4 Å². The van der Waals surface area contributed by atoms with Crippen LogP contribution in [0.3, 0.4) is 0 Å². The highest BCUT2D eigenvalue weighted by Crippen LogP contribution is 2.29. The lowest BCUT2D eigenvalue weighted by atomic mass is 9.98. The number of benzene rings is 3. The Morgan fingerprint density at radius 2 is 1.42 bits per heavy atom. The zero-order chi connectivity index (χ0) is 17.1. The lowest BCUT2D eigenvalue weighted by Gasteiger charge is -2.08. The zero-order valence-electron chi connectivity index (χ0n) is 13.5. The molecule has 3 aromatic carbocycles. The van der Waals surface area contributed by atoms with Crippen molar-refractivity contribution in [1.29, 1.82) is 0 Å². The molecule has 0 saturated heterocycles. The highest BCUT2D eigenvalue weighted by molar-refractivity contribution is 5.94. The van der Waals surface area contributed by atoms with Crippen LogP contribution in [-0.2, 0) is 0 Å². The first kappa shape index (κ1) is 15.9. The molecule has 3 heteroatoms. The third kappa shape index (κ3) is 3.20. The summed E-state index contributed by atoms with van der Waals surface area (Å²) in [5.41, 5.74) is 3.64. The van der Waals surface area contributed by atoms with Gasteiger partial charge in [0.15, 0.2) is 5.78 Å². The molecule has 3 aromatic rings. The molecular weight excluding hydrogens is 303 g/mol. The highest BCUT2D eigenvalue weighted by Gasteiger charge is 2.08. The van der Waals surface area contributed by atoms with Gasteiger partial charge in [0.1, 0.15) is 11.6 Å². The Balaban J connectivity index is 1.92. The van der Waals surface area contributed by atoms with Crippen molar-refractivity contribution in [2.45, 2.75) is 6.92 Å². The number of hydrogen-bond acceptors (Lipinski definition) is 2. The van der Waals surface area contributed by atoms with Crippen LogP contribution in [0.1, 0.15) is 17.3 Å². The fraction of sp³-hybridized carbons (Fsp3) is 0.0952. The first-order valence-electron chi connectivity index (χ1n) is 7.64. The highest BCUT2D eigenvalue weighted by atomic mass is 19.1. The first-order chi connectivity index (χ1) is 11.6. The number of rotatable bonds is 4. The van der Waals surface area contributed by atoms with Gasteiger partial charge in [-0.1, -0.05) is 48.5 Å². The number of ketones is 1. The standard InChI is InChI=1S/C21H17FO2/c1-14(23)15-3-5-16(6-4-15)18-9-12-20(21(22)13-18)17-7-10-19(24-2)11-8-17/h3-13H,1-2H3. The molecule has 3 rings (SSSR count). The topological polar surface area (TPSA) is 26.3 Å². The Hall–Kier alpha value is -2.94. The molecule has 0 heterocycles. The molecule has 0 saturated carbocycles. The monoisotopic (exact) mass is 320 g/mol. The van der Waals surface area contributed by atoms with Crippen LogP contribution >= 0.6 is 0 Å². The molecule has 0 unspecified atom stereocenters. The summed E-state index contributed by atoms with van der Waals surface area (Å²) in [6.07, 6.45) is 0. The molecule has 0 aromatic heterocycles. The van der Waals surface area contributed by atoms with E-state index in [0.29, 0.717) is 11.1 Å². The molecule has 2 nitrogen and oxygen atoms in total. The average Bonchev–Trinajstić information content (AvgIpc) is 2.62. The van der Waals surface area contributed by atoms with Crippen molar-refractivity contribution in [3.05, 3.63) is 78.1 Å². The molecule has 0 atom stereocenters. The summed E-state index contributed by atoms with van der Waals surface area (Å²) < 4.78 is 19.6. The summed E-state index contributed by atoms with van der Waals surface area (Å²) in [7, 11) is 1.60. The number of hydrogen-bond donors (Lipinski definition) is 0. The summed E-state index contributed by atoms with van der Waals surface area (Å²) >= 11 is 0. The normalized spacial score (nSPS) is 10.5. The maximum Gasteiger partial charge on any atom is 0.159 e. The number of Topliss-reactive ketones (excluding diaryl/α,β-unsaturated/α-hetero) is 1. The van der Waals surface area contributed by atoms with Gasteiger partial charge < -0.3 is 4.74 Å². The van der Waals surface area contributed by atoms with E-state index in [1.165, 1.54) is 13.0 Å². The van der Waals surface area contributed by atoms with Gasteiger partial charge >= 0.3 is 0 Å². The van der Waals surface area contributed by atoms with E-state index in [1.807, 2.05) is 42.5 Å². The molecular formula is C21H17FO2. The molecule has 0 amide bonds. The van der Waals surface area contributed by atoms with Crippen molar-refractivity contribution in [2.75, 3.05) is 7.11 Å². The summed E-state index contributed by atoms with van der Waals surface area (Å²) in [6.45, 7) is 1.53. The third-order valence-electron chi connectivity index (χ3n) is 3.99. The van der Waals surface area contributed by atoms with Gasteiger partial charge in [0.25, 0.3) is 0 Å². The second kappa shape index (κ2) is 6.67. The van der Waals surface area contributed by atoms with Crippen LogP contribution in [0.4, 0.5) is 4.39 Å². The van der Waals surface area contributed by atoms with Gasteiger partial charge in [0.2, 0.25) is 0 Å². The quantitative estimate of drug-likeness (QED) is 0.604. The number of methoxy groups -OCH3 is 1. The van der Waals surface area contributed by atoms with Crippen molar-refractivity contribution in [3.63, 3.8) is 0 Å². The molecule has 24 heavy (non-hydrogen) atoms. The Labute approximate surface area is 140 Å². The Morgan fingerprint density at radius 3 is 1.96 bits per heavy atom. The van der Waals surface area contributed by atoms with Crippen molar-refractivity contribution in [2.24, 2.45) is 0 Å². The average molecular weight is 320 g/mol. The third-order valence-corrected chi connectivity index (χ3v) is 3.99. The molecule has 0 aliphatic carbocycles. The van der Waals surface area contributed by atoms with E-state index in [2.05, 4.69) is 0 Å². The molecule has 0 fully saturated rings. The van der Waals surface area contributed by atoms with Crippen molar-refractivity contribution >= 4 is 5.78 Å². The maximum absolute atomic E-state index is 14.5. The molecule has 0 aliphatic heterocycles. The SMILES string of the molecule is COc1ccc(-c2ccc(-c3ccc(C(C)=O)cc3)cc2F)cc1. The summed E-state index contributed by atoms with van der Waals surface area (Å²) in [6, 6.07) is 19.6. The summed E-state index contributed by atoms with van der Waals surface area (Å²) in [4.78, 5) is 11.3. The minimum atomic E-state index is -0.284. The molecule has 0 radical (unpaired) electrons. The van der Waals surface area contributed by atoms with Gasteiger partial charge in [-0.3, -0.25) is 4.79 Å². The molecule has 0 aliphatic rings. The number of halogens is 1. The Bertz CT molecular complexity index is 865. The smallest absolute Gasteiger partial charge is 0.159 e. The molecule has 0 spiro atoms. The number of ether oxygens (including phenoxy) is 1. The van der Waals surface area contributed by atoms with Crippen LogP contribution in [-0.4, -0.2) is 12.9 Å². The lowest BCUT2D eigenvalue weighted by molar-refractivity contribution is 0.101. The zero-order valence-corrected chi connectivity index (χ0v) is 13.5. The predicted octanol–water partition coefficient (Wildman–Crippen LogP) is 5.37. The molecule has 0 bridgehead atoms. The molecule has 120 valence electrons. The maximum atomic E-state index is 14.5. The van der Waals surface area contributed by atoms with Gasteiger partial charge in [-0.05, 0) is 41.8 Å². The minimum absolute atomic E-state index is 0.0163. The van der Waals surface area contributed by atoms with E-state index in [-0.39, 0.29) is 11.6 Å². The largest absolute Gasteiger partial charge is 0.497 e. The van der Waals surface area contributed by atoms with E-state index in [1.54, 1.807) is 25.3 Å². The summed E-state index contributed by atoms with van der Waals surface area (Å²) in [5.74, 6) is 0.470. The number of carbonyl (C=O) groups is 1. The first-order valence-corrected chi connectivity index (χ1v) is 7.64. The van der Waals surface area contributed by atoms with Gasteiger partial charge in [-0.15, -0.1) is 0 Å². The van der Waals surface area contributed by atoms with Crippen LogP contribution in [0.2, 0.25) is 0 Å². The second-order valence-electron chi connectivity index (χ2n) is 5.56.